The third kappa shape index (κ3) is 20.1. The quantitative estimate of drug-likeness (QED) is 0.140. The largest absolute Gasteiger partial charge is 0.0888 e. The fourth-order valence-electron chi connectivity index (χ4n) is 3.97. The second-order valence-corrected chi connectivity index (χ2v) is 8.47. The number of rotatable bonds is 21. The van der Waals surface area contributed by atoms with E-state index in [2.05, 4.69) is 32.9 Å². The molecule has 0 aromatic rings. The van der Waals surface area contributed by atoms with E-state index in [9.17, 15) is 0 Å². The van der Waals surface area contributed by atoms with Gasteiger partial charge in [-0.2, -0.15) is 0 Å². The molecule has 0 N–H and O–H groups in total. The van der Waals surface area contributed by atoms with Gasteiger partial charge in [0.2, 0.25) is 0 Å². The summed E-state index contributed by atoms with van der Waals surface area (Å²) in [6.07, 6.45) is 33.5. The Labute approximate surface area is 167 Å². The molecule has 0 aromatic heterocycles. The highest BCUT2D eigenvalue weighted by Crippen LogP contribution is 2.20. The number of allylic oxidation sites excluding steroid dienone is 2. The van der Waals surface area contributed by atoms with Gasteiger partial charge in [-0.3, -0.25) is 0 Å². The Hall–Kier alpha value is -0.260. The molecule has 0 heterocycles. The first-order chi connectivity index (χ1) is 12.8. The lowest BCUT2D eigenvalue weighted by atomic mass is 9.93. The molecule has 0 bridgehead atoms. The van der Waals surface area contributed by atoms with Crippen LogP contribution in [-0.2, 0) is 0 Å². The standard InChI is InChI=1S/C26H52/c1-4-7-9-11-12-13-14-15-16-17-18-19-20-21-23-25-26(6-3)24-22-10-8-5-2/h8,10,26H,4-7,9,11-25H2,1-3H3/b10-8+. The summed E-state index contributed by atoms with van der Waals surface area (Å²) in [5.41, 5.74) is 0. The fraction of sp³-hybridized carbons (Fsp3) is 0.923. The van der Waals surface area contributed by atoms with Crippen molar-refractivity contribution in [3.05, 3.63) is 12.2 Å². The van der Waals surface area contributed by atoms with E-state index < -0.39 is 0 Å². The van der Waals surface area contributed by atoms with Gasteiger partial charge in [-0.1, -0.05) is 142 Å². The number of hydrogen-bond acceptors (Lipinski definition) is 0. The molecular formula is C26H52. The summed E-state index contributed by atoms with van der Waals surface area (Å²) < 4.78 is 0. The van der Waals surface area contributed by atoms with Gasteiger partial charge in [-0.05, 0) is 25.2 Å². The van der Waals surface area contributed by atoms with Crippen molar-refractivity contribution in [1.29, 1.82) is 0 Å². The molecule has 0 amide bonds. The molecule has 0 radical (unpaired) electrons. The summed E-state index contributed by atoms with van der Waals surface area (Å²) in [5, 5.41) is 0. The molecule has 0 rings (SSSR count). The number of hydrogen-bond donors (Lipinski definition) is 0. The van der Waals surface area contributed by atoms with Crippen molar-refractivity contribution in [1.82, 2.24) is 0 Å². The van der Waals surface area contributed by atoms with Gasteiger partial charge >= 0.3 is 0 Å². The van der Waals surface area contributed by atoms with Crippen molar-refractivity contribution in [2.45, 2.75) is 149 Å². The van der Waals surface area contributed by atoms with E-state index in [0.29, 0.717) is 0 Å². The van der Waals surface area contributed by atoms with Crippen LogP contribution in [0, 0.1) is 5.92 Å². The summed E-state index contributed by atoms with van der Waals surface area (Å²) in [6, 6.07) is 0. The molecule has 0 spiro atoms. The van der Waals surface area contributed by atoms with Crippen molar-refractivity contribution in [3.8, 4) is 0 Å². The molecule has 0 aromatic carbocycles. The lowest BCUT2D eigenvalue weighted by Gasteiger charge is -2.13. The van der Waals surface area contributed by atoms with E-state index >= 15 is 0 Å². The Balaban J connectivity index is 3.21. The third-order valence-electron chi connectivity index (χ3n) is 5.94. The van der Waals surface area contributed by atoms with Crippen LogP contribution >= 0.6 is 0 Å². The highest BCUT2D eigenvalue weighted by Gasteiger charge is 2.04. The van der Waals surface area contributed by atoms with Crippen molar-refractivity contribution in [3.63, 3.8) is 0 Å². The first-order valence-electron chi connectivity index (χ1n) is 12.5. The molecule has 0 saturated heterocycles. The Bertz CT molecular complexity index is 265. The second kappa shape index (κ2) is 22.8. The van der Waals surface area contributed by atoms with Gasteiger partial charge in [0.15, 0.2) is 0 Å². The van der Waals surface area contributed by atoms with Crippen LogP contribution in [-0.4, -0.2) is 0 Å². The molecule has 1 unspecified atom stereocenters. The zero-order chi connectivity index (χ0) is 19.1. The Morgan fingerprint density at radius 3 is 1.38 bits per heavy atom. The summed E-state index contributed by atoms with van der Waals surface area (Å²) in [7, 11) is 0. The first kappa shape index (κ1) is 25.7. The van der Waals surface area contributed by atoms with Crippen LogP contribution in [0.3, 0.4) is 0 Å². The first-order valence-corrected chi connectivity index (χ1v) is 12.5. The highest BCUT2D eigenvalue weighted by atomic mass is 14.1. The molecule has 0 saturated carbocycles. The van der Waals surface area contributed by atoms with Crippen LogP contribution in [0.1, 0.15) is 149 Å². The van der Waals surface area contributed by atoms with E-state index in [1.807, 2.05) is 0 Å². The van der Waals surface area contributed by atoms with Crippen LogP contribution < -0.4 is 0 Å². The van der Waals surface area contributed by atoms with Gasteiger partial charge in [0.05, 0.1) is 0 Å². The van der Waals surface area contributed by atoms with Crippen LogP contribution in [0.25, 0.3) is 0 Å². The SMILES string of the molecule is CC/C=C/CCC(CC)CCCCCCCCCCCCCCCCC. The molecule has 0 nitrogen and oxygen atoms in total. The molecule has 0 aliphatic heterocycles. The second-order valence-electron chi connectivity index (χ2n) is 8.47. The lowest BCUT2D eigenvalue weighted by molar-refractivity contribution is 0.414. The van der Waals surface area contributed by atoms with E-state index in [-0.39, 0.29) is 0 Å². The maximum Gasteiger partial charge on any atom is -0.0348 e. The Morgan fingerprint density at radius 2 is 0.962 bits per heavy atom. The molecule has 0 aliphatic carbocycles. The van der Waals surface area contributed by atoms with Gasteiger partial charge in [0.1, 0.15) is 0 Å². The minimum atomic E-state index is 0.971. The number of unbranched alkanes of at least 4 members (excludes halogenated alkanes) is 14. The van der Waals surface area contributed by atoms with Crippen molar-refractivity contribution < 1.29 is 0 Å². The van der Waals surface area contributed by atoms with Gasteiger partial charge in [-0.25, -0.2) is 0 Å². The van der Waals surface area contributed by atoms with E-state index in [1.54, 1.807) is 0 Å². The molecule has 0 heteroatoms. The minimum Gasteiger partial charge on any atom is -0.0888 e. The van der Waals surface area contributed by atoms with E-state index in [4.69, 9.17) is 0 Å². The fourth-order valence-corrected chi connectivity index (χ4v) is 3.97. The summed E-state index contributed by atoms with van der Waals surface area (Å²) in [5.74, 6) is 0.971. The average Bonchev–Trinajstić information content (AvgIpc) is 2.66. The van der Waals surface area contributed by atoms with Crippen molar-refractivity contribution in [2.24, 2.45) is 5.92 Å². The smallest absolute Gasteiger partial charge is 0.0348 e. The molecular weight excluding hydrogens is 312 g/mol. The average molecular weight is 365 g/mol. The van der Waals surface area contributed by atoms with Crippen molar-refractivity contribution >= 4 is 0 Å². The lowest BCUT2D eigenvalue weighted by Crippen LogP contribution is -1.98. The third-order valence-corrected chi connectivity index (χ3v) is 5.94. The molecule has 26 heavy (non-hydrogen) atoms. The maximum absolute atomic E-state index is 2.38. The van der Waals surface area contributed by atoms with E-state index in [1.165, 1.54) is 128 Å². The molecule has 0 aliphatic rings. The Kier molecular flexibility index (Phi) is 22.6. The van der Waals surface area contributed by atoms with Gasteiger partial charge in [0.25, 0.3) is 0 Å². The zero-order valence-electron chi connectivity index (χ0n) is 18.9. The normalized spacial score (nSPS) is 12.9. The monoisotopic (exact) mass is 364 g/mol. The van der Waals surface area contributed by atoms with Crippen molar-refractivity contribution in [2.75, 3.05) is 0 Å². The summed E-state index contributed by atoms with van der Waals surface area (Å²) >= 11 is 0. The highest BCUT2D eigenvalue weighted by molar-refractivity contribution is 4.80. The van der Waals surface area contributed by atoms with Gasteiger partial charge in [0, 0.05) is 0 Å². The summed E-state index contributed by atoms with van der Waals surface area (Å²) in [4.78, 5) is 0. The molecule has 1 atom stereocenters. The van der Waals surface area contributed by atoms with Crippen LogP contribution in [0.4, 0.5) is 0 Å². The van der Waals surface area contributed by atoms with E-state index in [0.717, 1.165) is 5.92 Å². The minimum absolute atomic E-state index is 0.971. The van der Waals surface area contributed by atoms with Crippen LogP contribution in [0.2, 0.25) is 0 Å². The topological polar surface area (TPSA) is 0 Å². The Morgan fingerprint density at radius 1 is 0.500 bits per heavy atom. The predicted octanol–water partition coefficient (Wildman–Crippen LogP) is 10.0. The van der Waals surface area contributed by atoms with Crippen LogP contribution in [0.5, 0.6) is 0 Å². The zero-order valence-corrected chi connectivity index (χ0v) is 18.9. The van der Waals surface area contributed by atoms with Crippen LogP contribution in [0.15, 0.2) is 12.2 Å². The van der Waals surface area contributed by atoms with Gasteiger partial charge < -0.3 is 0 Å². The molecule has 0 fully saturated rings. The van der Waals surface area contributed by atoms with Gasteiger partial charge in [-0.15, -0.1) is 0 Å². The summed E-state index contributed by atoms with van der Waals surface area (Å²) in [6.45, 7) is 6.90. The predicted molar refractivity (Wildman–Crippen MR) is 122 cm³/mol. The maximum atomic E-state index is 2.38. The molecule has 156 valence electrons.